The van der Waals surface area contributed by atoms with Crippen molar-refractivity contribution in [3.8, 4) is 0 Å². The van der Waals surface area contributed by atoms with Crippen LogP contribution in [0.1, 0.15) is 63.9 Å². The standard InChI is InChI=1S/C18H25F2N/c1-2-3-4-5-6-7-8-9-10-14-13-21-18-16(14)11-15(19)12-17(18)20/h11-13,21H,2-10H2,1H3. The first-order valence-corrected chi connectivity index (χ1v) is 8.17. The Balaban J connectivity index is 1.76. The number of aryl methyl sites for hydroxylation is 1. The van der Waals surface area contributed by atoms with Crippen molar-refractivity contribution in [2.24, 2.45) is 0 Å². The zero-order valence-electron chi connectivity index (χ0n) is 12.9. The van der Waals surface area contributed by atoms with Gasteiger partial charge in [0.1, 0.15) is 11.6 Å². The van der Waals surface area contributed by atoms with Gasteiger partial charge in [0, 0.05) is 17.6 Å². The largest absolute Gasteiger partial charge is 0.359 e. The summed E-state index contributed by atoms with van der Waals surface area (Å²) in [5, 5.41) is 0.690. The number of aromatic nitrogens is 1. The Labute approximate surface area is 125 Å². The van der Waals surface area contributed by atoms with Crippen LogP contribution in [0.4, 0.5) is 8.78 Å². The number of hydrogen-bond donors (Lipinski definition) is 1. The fourth-order valence-corrected chi connectivity index (χ4v) is 2.87. The molecule has 0 spiro atoms. The summed E-state index contributed by atoms with van der Waals surface area (Å²) in [6, 6.07) is 2.36. The van der Waals surface area contributed by atoms with E-state index in [1.165, 1.54) is 51.0 Å². The summed E-state index contributed by atoms with van der Waals surface area (Å²) in [5.41, 5.74) is 1.44. The fraction of sp³-hybridized carbons (Fsp3) is 0.556. The first-order valence-electron chi connectivity index (χ1n) is 8.17. The summed E-state index contributed by atoms with van der Waals surface area (Å²) >= 11 is 0. The Bertz CT molecular complexity index is 560. The zero-order chi connectivity index (χ0) is 15.1. The van der Waals surface area contributed by atoms with Crippen LogP contribution < -0.4 is 0 Å². The lowest BCUT2D eigenvalue weighted by Gasteiger charge is -2.02. The van der Waals surface area contributed by atoms with E-state index in [0.717, 1.165) is 24.5 Å². The van der Waals surface area contributed by atoms with Crippen LogP contribution in [0.25, 0.3) is 10.9 Å². The van der Waals surface area contributed by atoms with E-state index in [0.29, 0.717) is 10.9 Å². The Morgan fingerprint density at radius 2 is 1.57 bits per heavy atom. The third kappa shape index (κ3) is 4.55. The SMILES string of the molecule is CCCCCCCCCCc1c[nH]c2c(F)cc(F)cc12. The van der Waals surface area contributed by atoms with Crippen LogP contribution in [-0.2, 0) is 6.42 Å². The second-order valence-corrected chi connectivity index (χ2v) is 5.85. The van der Waals surface area contributed by atoms with Crippen molar-refractivity contribution in [2.75, 3.05) is 0 Å². The fourth-order valence-electron chi connectivity index (χ4n) is 2.87. The third-order valence-corrected chi connectivity index (χ3v) is 4.09. The molecular weight excluding hydrogens is 268 g/mol. The topological polar surface area (TPSA) is 15.8 Å². The number of fused-ring (bicyclic) bond motifs is 1. The molecule has 0 saturated carbocycles. The molecule has 0 aliphatic heterocycles. The van der Waals surface area contributed by atoms with Gasteiger partial charge in [-0.3, -0.25) is 0 Å². The molecule has 0 bridgehead atoms. The maximum Gasteiger partial charge on any atom is 0.150 e. The number of unbranched alkanes of at least 4 members (excludes halogenated alkanes) is 7. The highest BCUT2D eigenvalue weighted by molar-refractivity contribution is 5.83. The average Bonchev–Trinajstić information content (AvgIpc) is 2.85. The van der Waals surface area contributed by atoms with Crippen molar-refractivity contribution >= 4 is 10.9 Å². The van der Waals surface area contributed by atoms with Crippen LogP contribution in [-0.4, -0.2) is 4.98 Å². The minimum absolute atomic E-state index is 0.422. The Kier molecular flexibility index (Phi) is 6.21. The molecule has 1 aromatic carbocycles. The minimum atomic E-state index is -0.507. The van der Waals surface area contributed by atoms with Gasteiger partial charge in [0.25, 0.3) is 0 Å². The van der Waals surface area contributed by atoms with Crippen molar-refractivity contribution in [3.05, 3.63) is 35.5 Å². The van der Waals surface area contributed by atoms with Gasteiger partial charge in [-0.2, -0.15) is 0 Å². The van der Waals surface area contributed by atoms with Gasteiger partial charge in [-0.05, 0) is 24.5 Å². The van der Waals surface area contributed by atoms with Crippen molar-refractivity contribution in [2.45, 2.75) is 64.7 Å². The van der Waals surface area contributed by atoms with Gasteiger partial charge in [-0.25, -0.2) is 8.78 Å². The second-order valence-electron chi connectivity index (χ2n) is 5.85. The summed E-state index contributed by atoms with van der Waals surface area (Å²) in [4.78, 5) is 2.92. The molecule has 3 heteroatoms. The van der Waals surface area contributed by atoms with Crippen molar-refractivity contribution < 1.29 is 8.78 Å². The summed E-state index contributed by atoms with van der Waals surface area (Å²) in [6.45, 7) is 2.23. The van der Waals surface area contributed by atoms with Gasteiger partial charge in [0.15, 0.2) is 0 Å². The molecule has 116 valence electrons. The molecular formula is C18H25F2N. The van der Waals surface area contributed by atoms with Crippen LogP contribution in [0.5, 0.6) is 0 Å². The monoisotopic (exact) mass is 293 g/mol. The molecule has 0 saturated heterocycles. The Hall–Kier alpha value is -1.38. The highest BCUT2D eigenvalue weighted by Crippen LogP contribution is 2.24. The van der Waals surface area contributed by atoms with E-state index in [9.17, 15) is 8.78 Å². The van der Waals surface area contributed by atoms with Crippen molar-refractivity contribution in [1.82, 2.24) is 4.98 Å². The summed E-state index contributed by atoms with van der Waals surface area (Å²) in [6.07, 6.45) is 12.8. The lowest BCUT2D eigenvalue weighted by molar-refractivity contribution is 0.576. The predicted octanol–water partition coefficient (Wildman–Crippen LogP) is 6.13. The average molecular weight is 293 g/mol. The number of H-pyrrole nitrogens is 1. The van der Waals surface area contributed by atoms with E-state index in [-0.39, 0.29) is 0 Å². The van der Waals surface area contributed by atoms with Gasteiger partial charge < -0.3 is 4.98 Å². The number of nitrogens with one attached hydrogen (secondary N) is 1. The molecule has 2 rings (SSSR count). The van der Waals surface area contributed by atoms with Gasteiger partial charge in [0.05, 0.1) is 5.52 Å². The molecule has 0 amide bonds. The van der Waals surface area contributed by atoms with E-state index in [4.69, 9.17) is 0 Å². The van der Waals surface area contributed by atoms with Crippen LogP contribution in [0.2, 0.25) is 0 Å². The summed E-state index contributed by atoms with van der Waals surface area (Å²) in [5.74, 6) is -1.01. The number of halogens is 2. The molecule has 1 aromatic heterocycles. The molecule has 1 N–H and O–H groups in total. The maximum atomic E-state index is 13.6. The molecule has 0 aliphatic carbocycles. The minimum Gasteiger partial charge on any atom is -0.359 e. The molecule has 0 fully saturated rings. The Morgan fingerprint density at radius 1 is 0.905 bits per heavy atom. The maximum absolute atomic E-state index is 13.6. The van der Waals surface area contributed by atoms with E-state index in [1.54, 1.807) is 0 Å². The van der Waals surface area contributed by atoms with Crippen LogP contribution >= 0.6 is 0 Å². The number of rotatable bonds is 9. The van der Waals surface area contributed by atoms with Crippen molar-refractivity contribution in [3.63, 3.8) is 0 Å². The van der Waals surface area contributed by atoms with Gasteiger partial charge in [-0.15, -0.1) is 0 Å². The van der Waals surface area contributed by atoms with Gasteiger partial charge >= 0.3 is 0 Å². The van der Waals surface area contributed by atoms with Crippen molar-refractivity contribution in [1.29, 1.82) is 0 Å². The smallest absolute Gasteiger partial charge is 0.150 e. The molecule has 0 atom stereocenters. The van der Waals surface area contributed by atoms with E-state index in [2.05, 4.69) is 11.9 Å². The lowest BCUT2D eigenvalue weighted by Crippen LogP contribution is -1.87. The summed E-state index contributed by atoms with van der Waals surface area (Å²) < 4.78 is 26.9. The molecule has 0 radical (unpaired) electrons. The molecule has 21 heavy (non-hydrogen) atoms. The normalized spacial score (nSPS) is 11.4. The molecule has 1 nitrogen and oxygen atoms in total. The van der Waals surface area contributed by atoms with Crippen LogP contribution in [0.3, 0.4) is 0 Å². The third-order valence-electron chi connectivity index (χ3n) is 4.09. The first kappa shape index (κ1) is 16.0. The molecule has 2 aromatic rings. The second kappa shape index (κ2) is 8.16. The quantitative estimate of drug-likeness (QED) is 0.535. The van der Waals surface area contributed by atoms with Gasteiger partial charge in [-0.1, -0.05) is 51.9 Å². The highest BCUT2D eigenvalue weighted by atomic mass is 19.1. The van der Waals surface area contributed by atoms with E-state index in [1.807, 2.05) is 6.20 Å². The molecule has 0 aliphatic rings. The predicted molar refractivity (Wildman–Crippen MR) is 84.5 cm³/mol. The number of hydrogen-bond acceptors (Lipinski definition) is 0. The number of aromatic amines is 1. The van der Waals surface area contributed by atoms with Crippen LogP contribution in [0.15, 0.2) is 18.3 Å². The number of benzene rings is 1. The Morgan fingerprint density at radius 3 is 2.29 bits per heavy atom. The highest BCUT2D eigenvalue weighted by Gasteiger charge is 2.09. The molecule has 1 heterocycles. The van der Waals surface area contributed by atoms with Gasteiger partial charge in [0.2, 0.25) is 0 Å². The van der Waals surface area contributed by atoms with Crippen LogP contribution in [0, 0.1) is 11.6 Å². The van der Waals surface area contributed by atoms with E-state index >= 15 is 0 Å². The zero-order valence-corrected chi connectivity index (χ0v) is 12.9. The first-order chi connectivity index (χ1) is 10.2. The molecule has 0 unspecified atom stereocenters. The van der Waals surface area contributed by atoms with E-state index < -0.39 is 11.6 Å². The summed E-state index contributed by atoms with van der Waals surface area (Å²) in [7, 11) is 0. The lowest BCUT2D eigenvalue weighted by atomic mass is 10.0.